The Morgan fingerprint density at radius 1 is 1.50 bits per heavy atom. The van der Waals surface area contributed by atoms with Gasteiger partial charge in [0.25, 0.3) is 0 Å². The van der Waals surface area contributed by atoms with Gasteiger partial charge in [-0.1, -0.05) is 6.92 Å². The van der Waals surface area contributed by atoms with E-state index in [0.717, 1.165) is 13.0 Å². The number of methoxy groups -OCH3 is 1. The van der Waals surface area contributed by atoms with Gasteiger partial charge in [-0.3, -0.25) is 0 Å². The molecule has 0 amide bonds. The summed E-state index contributed by atoms with van der Waals surface area (Å²) < 4.78 is 4.95. The van der Waals surface area contributed by atoms with Crippen LogP contribution in [0, 0.1) is 5.92 Å². The van der Waals surface area contributed by atoms with Crippen LogP contribution in [0.5, 0.6) is 0 Å². The average molecular weight is 145 g/mol. The van der Waals surface area contributed by atoms with Gasteiger partial charge < -0.3 is 10.5 Å². The van der Waals surface area contributed by atoms with Gasteiger partial charge in [-0.25, -0.2) is 0 Å². The van der Waals surface area contributed by atoms with Crippen LogP contribution in [0.2, 0.25) is 0 Å². The van der Waals surface area contributed by atoms with Gasteiger partial charge in [0.2, 0.25) is 0 Å². The molecule has 0 spiro atoms. The Morgan fingerprint density at radius 2 is 2.00 bits per heavy atom. The Balaban J connectivity index is 3.52. The number of nitrogens with two attached hydrogens (primary N) is 1. The van der Waals surface area contributed by atoms with Gasteiger partial charge in [0.05, 0.1) is 0 Å². The van der Waals surface area contributed by atoms with Crippen LogP contribution in [0.3, 0.4) is 0 Å². The monoisotopic (exact) mass is 145 g/mol. The van der Waals surface area contributed by atoms with Crippen molar-refractivity contribution in [2.45, 2.75) is 32.7 Å². The largest absolute Gasteiger partial charge is 0.385 e. The molecule has 1 unspecified atom stereocenters. The van der Waals surface area contributed by atoms with Crippen LogP contribution in [-0.4, -0.2) is 19.3 Å². The Hall–Kier alpha value is -0.0800. The van der Waals surface area contributed by atoms with E-state index in [2.05, 4.69) is 6.92 Å². The fourth-order valence-electron chi connectivity index (χ4n) is 0.667. The minimum absolute atomic E-state index is 0.0709. The van der Waals surface area contributed by atoms with Crippen molar-refractivity contribution in [2.24, 2.45) is 11.7 Å². The zero-order chi connectivity index (χ0) is 8.20. The summed E-state index contributed by atoms with van der Waals surface area (Å²) in [5.74, 6) is 0.521. The Bertz CT molecular complexity index is 85.7. The van der Waals surface area contributed by atoms with E-state index in [0.29, 0.717) is 5.92 Å². The molecule has 2 heteroatoms. The van der Waals surface area contributed by atoms with E-state index in [1.54, 1.807) is 7.11 Å². The lowest BCUT2D eigenvalue weighted by molar-refractivity contribution is 0.163. The number of hydrogen-bond acceptors (Lipinski definition) is 2. The molecule has 0 aromatic carbocycles. The number of rotatable bonds is 4. The molecule has 1 atom stereocenters. The summed E-state index contributed by atoms with van der Waals surface area (Å²) in [6.07, 6.45) is 1.04. The molecular formula is C8H19NO. The molecule has 62 valence electrons. The fraction of sp³-hybridized carbons (Fsp3) is 1.00. The van der Waals surface area contributed by atoms with E-state index >= 15 is 0 Å². The summed E-state index contributed by atoms with van der Waals surface area (Å²) in [4.78, 5) is 0. The first-order valence-corrected chi connectivity index (χ1v) is 3.76. The van der Waals surface area contributed by atoms with Gasteiger partial charge in [-0.15, -0.1) is 0 Å². The van der Waals surface area contributed by atoms with Gasteiger partial charge in [-0.2, -0.15) is 0 Å². The molecule has 0 saturated carbocycles. The van der Waals surface area contributed by atoms with Crippen LogP contribution in [0.25, 0.3) is 0 Å². The Labute approximate surface area is 63.7 Å². The van der Waals surface area contributed by atoms with Crippen molar-refractivity contribution in [1.82, 2.24) is 0 Å². The van der Waals surface area contributed by atoms with Crippen molar-refractivity contribution in [3.8, 4) is 0 Å². The molecule has 0 heterocycles. The third-order valence-electron chi connectivity index (χ3n) is 2.03. The quantitative estimate of drug-likeness (QED) is 0.649. The molecule has 0 aromatic heterocycles. The molecule has 2 N–H and O–H groups in total. The predicted molar refractivity (Wildman–Crippen MR) is 43.9 cm³/mol. The van der Waals surface area contributed by atoms with E-state index in [1.807, 2.05) is 13.8 Å². The summed E-state index contributed by atoms with van der Waals surface area (Å²) >= 11 is 0. The molecule has 0 rings (SSSR count). The predicted octanol–water partition coefficient (Wildman–Crippen LogP) is 1.40. The molecule has 2 nitrogen and oxygen atoms in total. The van der Waals surface area contributed by atoms with Gasteiger partial charge in [0, 0.05) is 19.3 Å². The summed E-state index contributed by atoms with van der Waals surface area (Å²) in [5.41, 5.74) is 5.79. The lowest BCUT2D eigenvalue weighted by Crippen LogP contribution is -2.39. The normalized spacial score (nSPS) is 15.3. The molecule has 0 aliphatic rings. The second-order valence-corrected chi connectivity index (χ2v) is 3.50. The van der Waals surface area contributed by atoms with Crippen LogP contribution in [0.4, 0.5) is 0 Å². The van der Waals surface area contributed by atoms with Crippen LogP contribution >= 0.6 is 0 Å². The third kappa shape index (κ3) is 3.85. The van der Waals surface area contributed by atoms with Crippen LogP contribution in [-0.2, 0) is 4.74 Å². The maximum Gasteiger partial charge on any atom is 0.0465 e. The molecular weight excluding hydrogens is 126 g/mol. The fourth-order valence-corrected chi connectivity index (χ4v) is 0.667. The molecule has 10 heavy (non-hydrogen) atoms. The maximum atomic E-state index is 5.86. The van der Waals surface area contributed by atoms with Gasteiger partial charge >= 0.3 is 0 Å². The van der Waals surface area contributed by atoms with Crippen LogP contribution in [0.1, 0.15) is 27.2 Å². The highest BCUT2D eigenvalue weighted by Gasteiger charge is 2.19. The van der Waals surface area contributed by atoms with E-state index in [4.69, 9.17) is 10.5 Å². The Kier molecular flexibility index (Phi) is 3.91. The van der Waals surface area contributed by atoms with Crippen LogP contribution < -0.4 is 5.73 Å². The second-order valence-electron chi connectivity index (χ2n) is 3.50. The molecule has 0 saturated heterocycles. The van der Waals surface area contributed by atoms with Gasteiger partial charge in [-0.05, 0) is 26.2 Å². The Morgan fingerprint density at radius 3 is 2.30 bits per heavy atom. The van der Waals surface area contributed by atoms with Crippen molar-refractivity contribution in [3.63, 3.8) is 0 Å². The molecule has 0 aliphatic carbocycles. The zero-order valence-electron chi connectivity index (χ0n) is 7.48. The standard InChI is InChI=1S/C8H19NO/c1-7(5-6-10-4)8(2,3)9/h7H,5-6,9H2,1-4H3. The third-order valence-corrected chi connectivity index (χ3v) is 2.03. The summed E-state index contributed by atoms with van der Waals surface area (Å²) in [5, 5.41) is 0. The molecule has 0 aliphatic heterocycles. The number of ether oxygens (including phenoxy) is 1. The minimum atomic E-state index is -0.0709. The minimum Gasteiger partial charge on any atom is -0.385 e. The maximum absolute atomic E-state index is 5.86. The number of hydrogen-bond donors (Lipinski definition) is 1. The first-order valence-electron chi connectivity index (χ1n) is 3.76. The topological polar surface area (TPSA) is 35.2 Å². The van der Waals surface area contributed by atoms with E-state index in [1.165, 1.54) is 0 Å². The molecule has 0 fully saturated rings. The summed E-state index contributed by atoms with van der Waals surface area (Å²) in [6, 6.07) is 0. The van der Waals surface area contributed by atoms with E-state index < -0.39 is 0 Å². The summed E-state index contributed by atoms with van der Waals surface area (Å²) in [7, 11) is 1.72. The van der Waals surface area contributed by atoms with Crippen molar-refractivity contribution in [2.75, 3.05) is 13.7 Å². The molecule has 0 aromatic rings. The highest BCUT2D eigenvalue weighted by molar-refractivity contribution is 4.78. The lowest BCUT2D eigenvalue weighted by atomic mass is 9.88. The van der Waals surface area contributed by atoms with Crippen molar-refractivity contribution < 1.29 is 4.74 Å². The lowest BCUT2D eigenvalue weighted by Gasteiger charge is -2.26. The van der Waals surface area contributed by atoms with Crippen molar-refractivity contribution >= 4 is 0 Å². The second kappa shape index (κ2) is 3.94. The molecule has 0 radical (unpaired) electrons. The summed E-state index contributed by atoms with van der Waals surface area (Å²) in [6.45, 7) is 7.06. The van der Waals surface area contributed by atoms with Crippen molar-refractivity contribution in [3.05, 3.63) is 0 Å². The first-order chi connectivity index (χ1) is 4.48. The molecule has 0 bridgehead atoms. The van der Waals surface area contributed by atoms with E-state index in [-0.39, 0.29) is 5.54 Å². The smallest absolute Gasteiger partial charge is 0.0465 e. The zero-order valence-corrected chi connectivity index (χ0v) is 7.48. The SMILES string of the molecule is COCCC(C)C(C)(C)N. The van der Waals surface area contributed by atoms with Crippen LogP contribution in [0.15, 0.2) is 0 Å². The highest BCUT2D eigenvalue weighted by atomic mass is 16.5. The van der Waals surface area contributed by atoms with Gasteiger partial charge in [0.15, 0.2) is 0 Å². The first kappa shape index (κ1) is 9.92. The van der Waals surface area contributed by atoms with Crippen molar-refractivity contribution in [1.29, 1.82) is 0 Å². The highest BCUT2D eigenvalue weighted by Crippen LogP contribution is 2.15. The average Bonchev–Trinajstić information content (AvgIpc) is 1.80. The van der Waals surface area contributed by atoms with E-state index in [9.17, 15) is 0 Å². The van der Waals surface area contributed by atoms with Gasteiger partial charge in [0.1, 0.15) is 0 Å².